The molecule has 2 heteroatoms. The molecule has 0 unspecified atom stereocenters. The van der Waals surface area contributed by atoms with Gasteiger partial charge in [0.2, 0.25) is 0 Å². The van der Waals surface area contributed by atoms with Crippen molar-refractivity contribution in [2.45, 2.75) is 0 Å². The molecule has 2 nitrogen and oxygen atoms in total. The first-order valence-electron chi connectivity index (χ1n) is 16.4. The van der Waals surface area contributed by atoms with Crippen LogP contribution in [-0.4, -0.2) is 0 Å². The Balaban J connectivity index is 1.20. The van der Waals surface area contributed by atoms with Crippen LogP contribution in [0.2, 0.25) is 0 Å². The normalized spacial score (nSPS) is 12.2. The number of para-hydroxylation sites is 1. The van der Waals surface area contributed by atoms with Crippen LogP contribution in [0.5, 0.6) is 0 Å². The second kappa shape index (κ2) is 9.57. The molecule has 0 saturated heterocycles. The average molecular weight is 611 g/mol. The Kier molecular flexibility index (Phi) is 5.14. The van der Waals surface area contributed by atoms with E-state index in [1.165, 1.54) is 59.8 Å². The first-order chi connectivity index (χ1) is 23.8. The zero-order valence-corrected chi connectivity index (χ0v) is 25.8. The summed E-state index contributed by atoms with van der Waals surface area (Å²) in [7, 11) is 0. The molecule has 0 aliphatic carbocycles. The molecular weight excluding hydrogens is 585 g/mol. The molecular formula is C46H26O2. The minimum absolute atomic E-state index is 0.836. The third kappa shape index (κ3) is 3.52. The van der Waals surface area contributed by atoms with Gasteiger partial charge in [-0.1, -0.05) is 121 Å². The summed E-state index contributed by atoms with van der Waals surface area (Å²) < 4.78 is 12.9. The molecule has 0 aliphatic rings. The molecule has 0 amide bonds. The van der Waals surface area contributed by atoms with E-state index in [0.717, 1.165) is 49.4 Å². The van der Waals surface area contributed by atoms with Crippen molar-refractivity contribution in [2.24, 2.45) is 0 Å². The van der Waals surface area contributed by atoms with Crippen molar-refractivity contribution < 1.29 is 8.83 Å². The van der Waals surface area contributed by atoms with Crippen molar-refractivity contribution >= 4 is 87.0 Å². The molecule has 11 aromatic rings. The molecule has 222 valence electrons. The first kappa shape index (κ1) is 25.8. The molecule has 48 heavy (non-hydrogen) atoms. The average Bonchev–Trinajstić information content (AvgIpc) is 3.71. The van der Waals surface area contributed by atoms with Crippen LogP contribution in [-0.2, 0) is 0 Å². The lowest BCUT2D eigenvalue weighted by Gasteiger charge is -2.18. The van der Waals surface area contributed by atoms with E-state index in [1.807, 2.05) is 12.1 Å². The number of hydrogen-bond acceptors (Lipinski definition) is 2. The van der Waals surface area contributed by atoms with Crippen LogP contribution < -0.4 is 0 Å². The van der Waals surface area contributed by atoms with Gasteiger partial charge >= 0.3 is 0 Å². The van der Waals surface area contributed by atoms with E-state index in [0.29, 0.717) is 0 Å². The van der Waals surface area contributed by atoms with Crippen molar-refractivity contribution in [1.82, 2.24) is 0 Å². The third-order valence-electron chi connectivity index (χ3n) is 10.2. The van der Waals surface area contributed by atoms with Gasteiger partial charge in [0.25, 0.3) is 0 Å². The summed E-state index contributed by atoms with van der Waals surface area (Å²) in [6, 6.07) is 56.8. The summed E-state index contributed by atoms with van der Waals surface area (Å²) >= 11 is 0. The Morgan fingerprint density at radius 2 is 0.812 bits per heavy atom. The van der Waals surface area contributed by atoms with Crippen molar-refractivity contribution in [1.29, 1.82) is 0 Å². The van der Waals surface area contributed by atoms with Gasteiger partial charge in [-0.3, -0.25) is 0 Å². The van der Waals surface area contributed by atoms with Crippen LogP contribution in [0, 0.1) is 0 Å². The maximum atomic E-state index is 6.48. The summed E-state index contributed by atoms with van der Waals surface area (Å²) in [6.45, 7) is 0. The second-order valence-electron chi connectivity index (χ2n) is 12.8. The lowest BCUT2D eigenvalue weighted by Crippen LogP contribution is -1.91. The highest BCUT2D eigenvalue weighted by Gasteiger charge is 2.20. The topological polar surface area (TPSA) is 26.3 Å². The Morgan fingerprint density at radius 3 is 1.56 bits per heavy atom. The standard InChI is InChI=1S/C46H26O2/c1-2-10-31-27(9-1)17-18-28-25-29(19-21-32(28)31)43-34-12-3-5-14-36(34)44(37-15-6-4-13-35(37)43)30-20-23-41-39(26-30)45-42(47-41)24-22-38-33-11-7-8-16-40(33)48-46(38)45/h1-26H. The molecule has 0 spiro atoms. The summed E-state index contributed by atoms with van der Waals surface area (Å²) in [5, 5.41) is 14.3. The van der Waals surface area contributed by atoms with E-state index >= 15 is 0 Å². The molecule has 0 radical (unpaired) electrons. The highest BCUT2D eigenvalue weighted by atomic mass is 16.3. The fourth-order valence-electron chi connectivity index (χ4n) is 8.12. The number of furan rings is 2. The number of fused-ring (bicyclic) bond motifs is 12. The summed E-state index contributed by atoms with van der Waals surface area (Å²) in [5.74, 6) is 0. The molecule has 2 heterocycles. The van der Waals surface area contributed by atoms with Gasteiger partial charge in [0.05, 0.1) is 5.39 Å². The molecule has 0 bridgehead atoms. The predicted octanol–water partition coefficient (Wildman–Crippen LogP) is 13.4. The van der Waals surface area contributed by atoms with Gasteiger partial charge < -0.3 is 8.83 Å². The number of rotatable bonds is 2. The predicted molar refractivity (Wildman–Crippen MR) is 202 cm³/mol. The molecule has 9 aromatic carbocycles. The second-order valence-corrected chi connectivity index (χ2v) is 12.8. The maximum Gasteiger partial charge on any atom is 0.147 e. The minimum Gasteiger partial charge on any atom is -0.456 e. The van der Waals surface area contributed by atoms with Crippen molar-refractivity contribution in [3.05, 3.63) is 158 Å². The van der Waals surface area contributed by atoms with Gasteiger partial charge in [-0.05, 0) is 102 Å². The molecule has 0 atom stereocenters. The zero-order chi connectivity index (χ0) is 31.3. The summed E-state index contributed by atoms with van der Waals surface area (Å²) in [6.07, 6.45) is 0. The SMILES string of the molecule is c1ccc2c(c1)ccc1cc(-c3c4ccccc4c(-c4ccc5oc6ccc7c8ccccc8oc7c6c5c4)c4ccccc34)ccc12. The van der Waals surface area contributed by atoms with Gasteiger partial charge in [0, 0.05) is 16.2 Å². The smallest absolute Gasteiger partial charge is 0.147 e. The molecule has 0 fully saturated rings. The molecule has 2 aromatic heterocycles. The maximum absolute atomic E-state index is 6.48. The van der Waals surface area contributed by atoms with Gasteiger partial charge in [-0.25, -0.2) is 0 Å². The van der Waals surface area contributed by atoms with Crippen LogP contribution in [0.4, 0.5) is 0 Å². The molecule has 0 N–H and O–H groups in total. The van der Waals surface area contributed by atoms with E-state index in [1.54, 1.807) is 0 Å². The summed E-state index contributed by atoms with van der Waals surface area (Å²) in [4.78, 5) is 0. The molecule has 11 rings (SSSR count). The third-order valence-corrected chi connectivity index (χ3v) is 10.2. The lowest BCUT2D eigenvalue weighted by atomic mass is 9.85. The van der Waals surface area contributed by atoms with Crippen LogP contribution in [0.1, 0.15) is 0 Å². The molecule has 0 saturated carbocycles. The van der Waals surface area contributed by atoms with Gasteiger partial charge in [0.15, 0.2) is 0 Å². The van der Waals surface area contributed by atoms with Crippen LogP contribution >= 0.6 is 0 Å². The van der Waals surface area contributed by atoms with Gasteiger partial charge in [0.1, 0.15) is 22.3 Å². The number of hydrogen-bond donors (Lipinski definition) is 0. The Labute approximate surface area is 275 Å². The van der Waals surface area contributed by atoms with Crippen molar-refractivity contribution in [3.8, 4) is 22.3 Å². The largest absolute Gasteiger partial charge is 0.456 e. The lowest BCUT2D eigenvalue weighted by molar-refractivity contribution is 0.663. The Morgan fingerprint density at radius 1 is 0.292 bits per heavy atom. The number of benzene rings is 9. The highest BCUT2D eigenvalue weighted by Crippen LogP contribution is 2.46. The highest BCUT2D eigenvalue weighted by molar-refractivity contribution is 6.25. The van der Waals surface area contributed by atoms with E-state index in [2.05, 4.69) is 146 Å². The minimum atomic E-state index is 0.836. The quantitative estimate of drug-likeness (QED) is 0.144. The Bertz CT molecular complexity index is 3060. The van der Waals surface area contributed by atoms with E-state index in [4.69, 9.17) is 8.83 Å². The first-order valence-corrected chi connectivity index (χ1v) is 16.4. The van der Waals surface area contributed by atoms with Gasteiger partial charge in [-0.15, -0.1) is 0 Å². The molecule has 0 aliphatic heterocycles. The van der Waals surface area contributed by atoms with E-state index < -0.39 is 0 Å². The van der Waals surface area contributed by atoms with Crippen LogP contribution in [0.3, 0.4) is 0 Å². The fraction of sp³-hybridized carbons (Fsp3) is 0. The fourth-order valence-corrected chi connectivity index (χ4v) is 8.12. The zero-order valence-electron chi connectivity index (χ0n) is 25.8. The monoisotopic (exact) mass is 610 g/mol. The van der Waals surface area contributed by atoms with Crippen LogP contribution in [0.25, 0.3) is 109 Å². The summed E-state index contributed by atoms with van der Waals surface area (Å²) in [5.41, 5.74) is 8.32. The van der Waals surface area contributed by atoms with Crippen LogP contribution in [0.15, 0.2) is 167 Å². The van der Waals surface area contributed by atoms with Crippen molar-refractivity contribution in [3.63, 3.8) is 0 Å². The van der Waals surface area contributed by atoms with E-state index in [9.17, 15) is 0 Å². The van der Waals surface area contributed by atoms with Gasteiger partial charge in [-0.2, -0.15) is 0 Å². The van der Waals surface area contributed by atoms with Crippen molar-refractivity contribution in [2.75, 3.05) is 0 Å². The Hall–Kier alpha value is -6.38. The van der Waals surface area contributed by atoms with E-state index in [-0.39, 0.29) is 0 Å².